The molecule has 2 atom stereocenters. The van der Waals surface area contributed by atoms with Crippen LogP contribution in [-0.4, -0.2) is 13.7 Å². The average Bonchev–Trinajstić information content (AvgIpc) is 2.71. The number of rotatable bonds is 1. The number of fused-ring (bicyclic) bond motifs is 6. The lowest BCUT2D eigenvalue weighted by Crippen LogP contribution is -2.46. The molecule has 0 fully saturated rings. The van der Waals surface area contributed by atoms with Crippen LogP contribution in [0.5, 0.6) is 11.5 Å². The molecule has 5 nitrogen and oxygen atoms in total. The van der Waals surface area contributed by atoms with Gasteiger partial charge in [0.2, 0.25) is 0 Å². The number of aryl methyl sites for hydroxylation is 1. The highest BCUT2D eigenvalue weighted by atomic mass is 16.5. The van der Waals surface area contributed by atoms with Gasteiger partial charge in [-0.1, -0.05) is 13.8 Å². The van der Waals surface area contributed by atoms with Crippen molar-refractivity contribution in [3.63, 3.8) is 0 Å². The van der Waals surface area contributed by atoms with E-state index in [1.165, 1.54) is 5.56 Å². The Morgan fingerprint density at radius 3 is 2.72 bits per heavy atom. The van der Waals surface area contributed by atoms with E-state index in [2.05, 4.69) is 31.3 Å². The Bertz CT molecular complexity index is 1210. The molecule has 2 aromatic carbocycles. The molecular weight excluding hydrogens is 366 g/mol. The smallest absolute Gasteiger partial charge is 0.195 e. The molecule has 0 amide bonds. The molecule has 3 aromatic rings. The Labute approximate surface area is 169 Å². The van der Waals surface area contributed by atoms with Crippen molar-refractivity contribution in [2.24, 2.45) is 5.92 Å². The first-order valence-electron chi connectivity index (χ1n) is 9.97. The second-order valence-electron chi connectivity index (χ2n) is 8.64. The van der Waals surface area contributed by atoms with Gasteiger partial charge in [-0.05, 0) is 49.7 Å². The third kappa shape index (κ3) is 2.43. The molecular formula is C24H25NO4. The van der Waals surface area contributed by atoms with Gasteiger partial charge in [-0.3, -0.25) is 4.79 Å². The molecule has 5 rings (SSSR count). The summed E-state index contributed by atoms with van der Waals surface area (Å²) in [5.74, 6) is 2.45. The molecule has 0 radical (unpaired) electrons. The van der Waals surface area contributed by atoms with Gasteiger partial charge >= 0.3 is 0 Å². The molecule has 0 saturated heterocycles. The molecule has 150 valence electrons. The number of anilines is 1. The van der Waals surface area contributed by atoms with Gasteiger partial charge in [-0.2, -0.15) is 0 Å². The molecule has 2 aliphatic heterocycles. The van der Waals surface area contributed by atoms with Crippen molar-refractivity contribution in [2.75, 3.05) is 19.0 Å². The van der Waals surface area contributed by atoms with E-state index in [-0.39, 0.29) is 22.8 Å². The summed E-state index contributed by atoms with van der Waals surface area (Å²) in [6.45, 7) is 8.74. The molecule has 0 spiro atoms. The first kappa shape index (κ1) is 18.1. The molecule has 0 saturated carbocycles. The van der Waals surface area contributed by atoms with E-state index < -0.39 is 0 Å². The van der Waals surface area contributed by atoms with E-state index in [9.17, 15) is 4.79 Å². The van der Waals surface area contributed by atoms with Crippen LogP contribution in [0.1, 0.15) is 42.3 Å². The minimum atomic E-state index is -0.153. The number of benzene rings is 2. The first-order chi connectivity index (χ1) is 13.8. The molecule has 0 unspecified atom stereocenters. The van der Waals surface area contributed by atoms with Crippen LogP contribution < -0.4 is 20.2 Å². The van der Waals surface area contributed by atoms with Gasteiger partial charge in [0.25, 0.3) is 0 Å². The predicted octanol–water partition coefficient (Wildman–Crippen LogP) is 4.87. The minimum Gasteiger partial charge on any atom is -0.497 e. The van der Waals surface area contributed by atoms with Crippen LogP contribution in [0.15, 0.2) is 39.5 Å². The quantitative estimate of drug-likeness (QED) is 0.641. The maximum atomic E-state index is 12.9. The van der Waals surface area contributed by atoms with E-state index >= 15 is 0 Å². The molecule has 2 aliphatic rings. The zero-order valence-electron chi connectivity index (χ0n) is 17.4. The molecule has 1 aromatic heterocycles. The normalized spacial score (nSPS) is 21.4. The highest BCUT2D eigenvalue weighted by Gasteiger charge is 2.47. The summed E-state index contributed by atoms with van der Waals surface area (Å²) < 4.78 is 17.8. The third-order valence-corrected chi connectivity index (χ3v) is 6.82. The highest BCUT2D eigenvalue weighted by Crippen LogP contribution is 2.53. The van der Waals surface area contributed by atoms with Gasteiger partial charge in [-0.25, -0.2) is 0 Å². The zero-order chi connectivity index (χ0) is 20.5. The van der Waals surface area contributed by atoms with E-state index in [1.807, 2.05) is 32.0 Å². The predicted molar refractivity (Wildman–Crippen MR) is 113 cm³/mol. The third-order valence-electron chi connectivity index (χ3n) is 6.82. The standard InChI is InChI=1S/C24H25NO4/c1-12-13(2)29-23-15(22(12)26)7-9-19-20(23)21-17(11-28-19)24(3,4)16-10-14(27-5)6-8-18(16)25-21/h6-10,17,21,25H,11H2,1-5H3/t17-,21-/m0/s1. The zero-order valence-corrected chi connectivity index (χ0v) is 17.4. The monoisotopic (exact) mass is 391 g/mol. The maximum Gasteiger partial charge on any atom is 0.195 e. The highest BCUT2D eigenvalue weighted by molar-refractivity contribution is 5.84. The van der Waals surface area contributed by atoms with Crippen molar-refractivity contribution >= 4 is 16.7 Å². The topological polar surface area (TPSA) is 60.7 Å². The van der Waals surface area contributed by atoms with Crippen molar-refractivity contribution in [3.05, 3.63) is 63.0 Å². The van der Waals surface area contributed by atoms with Gasteiger partial charge < -0.3 is 19.2 Å². The van der Waals surface area contributed by atoms with Crippen LogP contribution in [0, 0.1) is 19.8 Å². The van der Waals surface area contributed by atoms with Crippen LogP contribution in [0.25, 0.3) is 11.0 Å². The van der Waals surface area contributed by atoms with Crippen molar-refractivity contribution in [1.82, 2.24) is 0 Å². The second kappa shape index (κ2) is 6.02. The van der Waals surface area contributed by atoms with Gasteiger partial charge in [0, 0.05) is 22.6 Å². The molecule has 5 heteroatoms. The van der Waals surface area contributed by atoms with Crippen LogP contribution in [0.3, 0.4) is 0 Å². The number of hydrogen-bond acceptors (Lipinski definition) is 5. The van der Waals surface area contributed by atoms with Crippen molar-refractivity contribution < 1.29 is 13.9 Å². The van der Waals surface area contributed by atoms with Crippen LogP contribution in [-0.2, 0) is 5.41 Å². The lowest BCUT2D eigenvalue weighted by atomic mass is 9.65. The Balaban J connectivity index is 1.76. The summed E-state index contributed by atoms with van der Waals surface area (Å²) in [5.41, 5.74) is 4.37. The fourth-order valence-corrected chi connectivity index (χ4v) is 4.83. The maximum absolute atomic E-state index is 12.9. The van der Waals surface area contributed by atoms with Gasteiger partial charge in [0.15, 0.2) is 5.43 Å². The molecule has 3 heterocycles. The van der Waals surface area contributed by atoms with Crippen LogP contribution in [0.4, 0.5) is 5.69 Å². The fourth-order valence-electron chi connectivity index (χ4n) is 4.83. The summed E-state index contributed by atoms with van der Waals surface area (Å²) in [6.07, 6.45) is 0. The fraction of sp³-hybridized carbons (Fsp3) is 0.375. The second-order valence-corrected chi connectivity index (χ2v) is 8.64. The van der Waals surface area contributed by atoms with E-state index in [1.54, 1.807) is 7.11 Å². The Kier molecular flexibility index (Phi) is 3.76. The number of nitrogens with one attached hydrogen (secondary N) is 1. The van der Waals surface area contributed by atoms with Crippen molar-refractivity contribution in [3.8, 4) is 11.5 Å². The lowest BCUT2D eigenvalue weighted by Gasteiger charge is -2.48. The van der Waals surface area contributed by atoms with Gasteiger partial charge in [0.05, 0.1) is 30.7 Å². The van der Waals surface area contributed by atoms with Crippen LogP contribution >= 0.6 is 0 Å². The largest absolute Gasteiger partial charge is 0.497 e. The Hall–Kier alpha value is -2.95. The number of methoxy groups -OCH3 is 1. The first-order valence-corrected chi connectivity index (χ1v) is 9.97. The average molecular weight is 391 g/mol. The van der Waals surface area contributed by atoms with Crippen LogP contribution in [0.2, 0.25) is 0 Å². The lowest BCUT2D eigenvalue weighted by molar-refractivity contribution is 0.136. The number of ether oxygens (including phenoxy) is 2. The summed E-state index contributed by atoms with van der Waals surface area (Å²) in [7, 11) is 1.69. The summed E-state index contributed by atoms with van der Waals surface area (Å²) in [5, 5.41) is 4.32. The Morgan fingerprint density at radius 1 is 1.17 bits per heavy atom. The van der Waals surface area contributed by atoms with E-state index in [0.717, 1.165) is 22.7 Å². The number of hydrogen-bond donors (Lipinski definition) is 1. The Morgan fingerprint density at radius 2 is 1.97 bits per heavy atom. The summed E-state index contributed by atoms with van der Waals surface area (Å²) in [4.78, 5) is 12.9. The summed E-state index contributed by atoms with van der Waals surface area (Å²) in [6, 6.07) is 9.85. The molecule has 0 aliphatic carbocycles. The minimum absolute atomic E-state index is 0.0106. The van der Waals surface area contributed by atoms with Crippen molar-refractivity contribution in [1.29, 1.82) is 0 Å². The SMILES string of the molecule is COc1ccc2c(c1)C(C)(C)[C@H]1COc3ccc4c(=O)c(C)c(C)oc4c3[C@H]1N2. The van der Waals surface area contributed by atoms with Crippen molar-refractivity contribution in [2.45, 2.75) is 39.2 Å². The van der Waals surface area contributed by atoms with Gasteiger partial charge in [-0.15, -0.1) is 0 Å². The van der Waals surface area contributed by atoms with E-state index in [0.29, 0.717) is 28.9 Å². The molecule has 1 N–H and O–H groups in total. The van der Waals surface area contributed by atoms with Gasteiger partial charge in [0.1, 0.15) is 22.8 Å². The molecule has 29 heavy (non-hydrogen) atoms. The summed E-state index contributed by atoms with van der Waals surface area (Å²) >= 11 is 0. The molecule has 0 bridgehead atoms. The van der Waals surface area contributed by atoms with E-state index in [4.69, 9.17) is 13.9 Å².